The van der Waals surface area contributed by atoms with Gasteiger partial charge in [0.25, 0.3) is 0 Å². The highest BCUT2D eigenvalue weighted by Crippen LogP contribution is 2.42. The van der Waals surface area contributed by atoms with Gasteiger partial charge in [-0.3, -0.25) is 14.5 Å². The van der Waals surface area contributed by atoms with Crippen LogP contribution in [-0.2, 0) is 38.8 Å². The topological polar surface area (TPSA) is 108 Å². The van der Waals surface area contributed by atoms with E-state index in [2.05, 4.69) is 65.7 Å². The molecule has 4 atom stereocenters. The summed E-state index contributed by atoms with van der Waals surface area (Å²) in [4.78, 5) is 25.5. The van der Waals surface area contributed by atoms with E-state index in [1.165, 1.54) is 11.1 Å². The highest BCUT2D eigenvalue weighted by Gasteiger charge is 2.39. The standard InChI is InChI=1S/C38H42N2O6/c1-27-34(25-40(23-28-9-4-2-5-10-28)24-29-11-6-3-7-12-29)45-38(46-37(27)31-17-15-30(26-41)16-18-31)32-19-21-33(22-20-32)39-35(42)13-8-14-36(43)44/h2-7,9-12,15-22,27,34,37-38,41H,8,13-14,23-26H2,1H3,(H,39,42)(H,43,44)/t27-,34+,37+,38+/m1/s1. The van der Waals surface area contributed by atoms with Crippen LogP contribution >= 0.6 is 0 Å². The number of ether oxygens (including phenoxy) is 2. The van der Waals surface area contributed by atoms with Gasteiger partial charge in [-0.05, 0) is 40.8 Å². The Morgan fingerprint density at radius 1 is 0.739 bits per heavy atom. The highest BCUT2D eigenvalue weighted by atomic mass is 16.7. The molecule has 0 bridgehead atoms. The van der Waals surface area contributed by atoms with Crippen LogP contribution in [0.25, 0.3) is 0 Å². The van der Waals surface area contributed by atoms with E-state index in [1.807, 2.05) is 60.7 Å². The zero-order chi connectivity index (χ0) is 32.3. The molecule has 1 aliphatic rings. The molecule has 8 nitrogen and oxygen atoms in total. The van der Waals surface area contributed by atoms with Crippen molar-refractivity contribution < 1.29 is 29.3 Å². The van der Waals surface area contributed by atoms with Gasteiger partial charge in [-0.15, -0.1) is 0 Å². The van der Waals surface area contributed by atoms with Gasteiger partial charge in [-0.25, -0.2) is 0 Å². The minimum atomic E-state index is -0.914. The first-order valence-electron chi connectivity index (χ1n) is 15.8. The number of benzene rings is 4. The number of anilines is 1. The lowest BCUT2D eigenvalue weighted by Gasteiger charge is -2.43. The Balaban J connectivity index is 1.37. The molecule has 1 saturated heterocycles. The third-order valence-corrected chi connectivity index (χ3v) is 8.32. The van der Waals surface area contributed by atoms with Crippen LogP contribution in [0.5, 0.6) is 0 Å². The number of hydrogen-bond acceptors (Lipinski definition) is 6. The number of carboxylic acids is 1. The number of nitrogens with one attached hydrogen (secondary N) is 1. The fourth-order valence-corrected chi connectivity index (χ4v) is 5.80. The third kappa shape index (κ3) is 9.34. The van der Waals surface area contributed by atoms with Crippen molar-refractivity contribution in [3.05, 3.63) is 137 Å². The van der Waals surface area contributed by atoms with Gasteiger partial charge in [0.1, 0.15) is 0 Å². The SMILES string of the molecule is C[C@@H]1[C@H](CN(Cc2ccccc2)Cc2ccccc2)O[C@H](c2ccc(NC(=O)CCCC(=O)O)cc2)O[C@@H]1c1ccc(CO)cc1. The molecular weight excluding hydrogens is 580 g/mol. The molecule has 0 unspecified atom stereocenters. The maximum Gasteiger partial charge on any atom is 0.303 e. The number of carbonyl (C=O) groups excluding carboxylic acids is 1. The fraction of sp³-hybridized carbons (Fsp3) is 0.316. The van der Waals surface area contributed by atoms with E-state index in [-0.39, 0.29) is 49.9 Å². The summed E-state index contributed by atoms with van der Waals surface area (Å²) in [6, 6.07) is 36.2. The molecule has 4 aromatic rings. The summed E-state index contributed by atoms with van der Waals surface area (Å²) in [7, 11) is 0. The fourth-order valence-electron chi connectivity index (χ4n) is 5.80. The minimum absolute atomic E-state index is 0.0217. The van der Waals surface area contributed by atoms with Crippen LogP contribution in [-0.4, -0.2) is 39.6 Å². The number of hydrogen-bond donors (Lipinski definition) is 3. The lowest BCUT2D eigenvalue weighted by Crippen LogP contribution is -2.44. The smallest absolute Gasteiger partial charge is 0.303 e. The van der Waals surface area contributed by atoms with E-state index in [1.54, 1.807) is 0 Å². The van der Waals surface area contributed by atoms with Gasteiger partial charge in [0.2, 0.25) is 5.91 Å². The molecule has 5 rings (SSSR count). The average molecular weight is 623 g/mol. The Bertz CT molecular complexity index is 1490. The normalized spacial score (nSPS) is 19.5. The van der Waals surface area contributed by atoms with Crippen LogP contribution in [0.15, 0.2) is 109 Å². The zero-order valence-electron chi connectivity index (χ0n) is 26.1. The van der Waals surface area contributed by atoms with Gasteiger partial charge in [0, 0.05) is 49.6 Å². The van der Waals surface area contributed by atoms with E-state index < -0.39 is 12.3 Å². The van der Waals surface area contributed by atoms with Crippen LogP contribution < -0.4 is 5.32 Å². The van der Waals surface area contributed by atoms with Crippen molar-refractivity contribution in [2.24, 2.45) is 5.92 Å². The van der Waals surface area contributed by atoms with Crippen molar-refractivity contribution in [2.75, 3.05) is 11.9 Å². The summed E-state index contributed by atoms with van der Waals surface area (Å²) in [5, 5.41) is 21.3. The maximum absolute atomic E-state index is 12.3. The molecule has 46 heavy (non-hydrogen) atoms. The highest BCUT2D eigenvalue weighted by molar-refractivity contribution is 5.90. The molecule has 1 heterocycles. The second-order valence-electron chi connectivity index (χ2n) is 11.9. The Morgan fingerprint density at radius 2 is 1.33 bits per heavy atom. The van der Waals surface area contributed by atoms with Gasteiger partial charge >= 0.3 is 5.97 Å². The molecule has 0 aromatic heterocycles. The van der Waals surface area contributed by atoms with E-state index in [4.69, 9.17) is 14.6 Å². The summed E-state index contributed by atoms with van der Waals surface area (Å²) in [5.74, 6) is -1.12. The number of aliphatic carboxylic acids is 1. The maximum atomic E-state index is 12.3. The number of rotatable bonds is 14. The molecule has 1 amide bonds. The van der Waals surface area contributed by atoms with E-state index in [0.29, 0.717) is 12.2 Å². The molecule has 0 spiro atoms. The summed E-state index contributed by atoms with van der Waals surface area (Å²) < 4.78 is 13.4. The molecule has 0 saturated carbocycles. The van der Waals surface area contributed by atoms with Gasteiger partial charge in [0.05, 0.1) is 18.8 Å². The number of carbonyl (C=O) groups is 2. The number of amides is 1. The molecule has 240 valence electrons. The first-order chi connectivity index (χ1) is 22.4. The van der Waals surface area contributed by atoms with Crippen molar-refractivity contribution in [1.82, 2.24) is 4.90 Å². The van der Waals surface area contributed by atoms with Crippen LogP contribution in [0.2, 0.25) is 0 Å². The predicted octanol–water partition coefficient (Wildman–Crippen LogP) is 6.87. The van der Waals surface area contributed by atoms with E-state index in [0.717, 1.165) is 29.8 Å². The van der Waals surface area contributed by atoms with Crippen molar-refractivity contribution in [3.8, 4) is 0 Å². The Kier molecular flexibility index (Phi) is 11.7. The number of aliphatic hydroxyl groups is 1. The molecule has 0 aliphatic carbocycles. The van der Waals surface area contributed by atoms with Gasteiger partial charge < -0.3 is 25.0 Å². The molecule has 4 aromatic carbocycles. The van der Waals surface area contributed by atoms with Crippen molar-refractivity contribution in [3.63, 3.8) is 0 Å². The summed E-state index contributed by atoms with van der Waals surface area (Å²) in [5.41, 5.74) is 5.77. The van der Waals surface area contributed by atoms with E-state index in [9.17, 15) is 14.7 Å². The lowest BCUT2D eigenvalue weighted by atomic mass is 9.89. The molecule has 1 fully saturated rings. The molecule has 1 aliphatic heterocycles. The summed E-state index contributed by atoms with van der Waals surface area (Å²) in [6.07, 6.45) is -0.668. The first kappa shape index (κ1) is 33.0. The molecule has 0 radical (unpaired) electrons. The monoisotopic (exact) mass is 622 g/mol. The molecule has 8 heteroatoms. The minimum Gasteiger partial charge on any atom is -0.481 e. The van der Waals surface area contributed by atoms with Crippen LogP contribution in [0.1, 0.15) is 66.4 Å². The van der Waals surface area contributed by atoms with Gasteiger partial charge in [0.15, 0.2) is 6.29 Å². The quantitative estimate of drug-likeness (QED) is 0.141. The van der Waals surface area contributed by atoms with Crippen molar-refractivity contribution in [1.29, 1.82) is 0 Å². The average Bonchev–Trinajstić information content (AvgIpc) is 3.07. The molecular formula is C38H42N2O6. The van der Waals surface area contributed by atoms with Crippen LogP contribution in [0.4, 0.5) is 5.69 Å². The van der Waals surface area contributed by atoms with Crippen LogP contribution in [0.3, 0.4) is 0 Å². The van der Waals surface area contributed by atoms with Crippen LogP contribution in [0, 0.1) is 5.92 Å². The van der Waals surface area contributed by atoms with Crippen molar-refractivity contribution >= 4 is 17.6 Å². The van der Waals surface area contributed by atoms with Crippen molar-refractivity contribution in [2.45, 2.75) is 64.4 Å². The predicted molar refractivity (Wildman–Crippen MR) is 177 cm³/mol. The summed E-state index contributed by atoms with van der Waals surface area (Å²) >= 11 is 0. The van der Waals surface area contributed by atoms with Gasteiger partial charge in [-0.1, -0.05) is 104 Å². The Labute approximate surface area is 270 Å². The number of aliphatic hydroxyl groups excluding tert-OH is 1. The third-order valence-electron chi connectivity index (χ3n) is 8.32. The molecule has 3 N–H and O–H groups in total. The second kappa shape index (κ2) is 16.3. The first-order valence-corrected chi connectivity index (χ1v) is 15.8. The lowest BCUT2D eigenvalue weighted by molar-refractivity contribution is -0.276. The number of carboxylic acid groups (broad SMARTS) is 1. The number of nitrogens with zero attached hydrogens (tertiary/aromatic N) is 1. The largest absolute Gasteiger partial charge is 0.481 e. The zero-order valence-corrected chi connectivity index (χ0v) is 26.1. The summed E-state index contributed by atoms with van der Waals surface area (Å²) in [6.45, 7) is 4.36. The Morgan fingerprint density at radius 3 is 1.89 bits per heavy atom. The second-order valence-corrected chi connectivity index (χ2v) is 11.9. The Hall–Kier alpha value is -4.34. The van der Waals surface area contributed by atoms with Gasteiger partial charge in [-0.2, -0.15) is 0 Å². The van der Waals surface area contributed by atoms with E-state index >= 15 is 0 Å².